The Morgan fingerprint density at radius 3 is 2.88 bits per heavy atom. The number of sulfonamides is 1. The van der Waals surface area contributed by atoms with Crippen molar-refractivity contribution in [2.45, 2.75) is 24.3 Å². The Morgan fingerprint density at radius 1 is 1.69 bits per heavy atom. The maximum atomic E-state index is 11.9. The quantitative estimate of drug-likeness (QED) is 0.831. The molecule has 0 spiro atoms. The van der Waals surface area contributed by atoms with Gasteiger partial charge in [-0.3, -0.25) is 4.98 Å². The van der Waals surface area contributed by atoms with Crippen molar-refractivity contribution in [2.24, 2.45) is 0 Å². The maximum absolute atomic E-state index is 11.9. The predicted octanol–water partition coefficient (Wildman–Crippen LogP) is 1.43. The summed E-state index contributed by atoms with van der Waals surface area (Å²) in [6, 6.07) is 0.869. The topological polar surface area (TPSA) is 59.1 Å². The van der Waals surface area contributed by atoms with Gasteiger partial charge in [-0.2, -0.15) is 4.72 Å². The van der Waals surface area contributed by atoms with Crippen molar-refractivity contribution < 1.29 is 8.42 Å². The molecule has 1 heterocycles. The van der Waals surface area contributed by atoms with Gasteiger partial charge in [0.2, 0.25) is 10.0 Å². The van der Waals surface area contributed by atoms with E-state index in [4.69, 9.17) is 18.0 Å². The molecule has 0 aromatic carbocycles. The molecule has 0 saturated carbocycles. The summed E-state index contributed by atoms with van der Waals surface area (Å²) in [5.41, 5.74) is 0. The van der Waals surface area contributed by atoms with Gasteiger partial charge < -0.3 is 0 Å². The molecular formula is C10H11ClN2O2S. The highest BCUT2D eigenvalue weighted by Crippen LogP contribution is 2.19. The zero-order valence-electron chi connectivity index (χ0n) is 8.64. The molecule has 0 aliphatic heterocycles. The van der Waals surface area contributed by atoms with Crippen LogP contribution in [0.25, 0.3) is 0 Å². The molecule has 86 valence electrons. The SMILES string of the molecule is C#CC(CC)NS(=O)(=O)c1cnccc1Cl. The standard InChI is InChI=1S/C10H11ClN2O2S/c1-3-8(4-2)13-16(14,15)10-7-12-6-5-9(10)11/h1,5-8,13H,4H2,2H3. The number of pyridine rings is 1. The highest BCUT2D eigenvalue weighted by atomic mass is 35.5. The van der Waals surface area contributed by atoms with Crippen molar-refractivity contribution >= 4 is 21.6 Å². The van der Waals surface area contributed by atoms with Crippen molar-refractivity contribution in [1.29, 1.82) is 0 Å². The third-order valence-electron chi connectivity index (χ3n) is 1.93. The number of halogens is 1. The summed E-state index contributed by atoms with van der Waals surface area (Å²) in [5.74, 6) is 2.34. The molecule has 0 radical (unpaired) electrons. The van der Waals surface area contributed by atoms with Gasteiger partial charge in [0.1, 0.15) is 4.90 Å². The lowest BCUT2D eigenvalue weighted by molar-refractivity contribution is 0.570. The lowest BCUT2D eigenvalue weighted by Crippen LogP contribution is -2.33. The molecule has 1 aromatic rings. The van der Waals surface area contributed by atoms with Crippen LogP contribution in [0.3, 0.4) is 0 Å². The van der Waals surface area contributed by atoms with E-state index in [0.29, 0.717) is 6.42 Å². The maximum Gasteiger partial charge on any atom is 0.244 e. The van der Waals surface area contributed by atoms with Crippen LogP contribution in [0.1, 0.15) is 13.3 Å². The summed E-state index contributed by atoms with van der Waals surface area (Å²) >= 11 is 5.77. The van der Waals surface area contributed by atoms with Crippen LogP contribution in [0.4, 0.5) is 0 Å². The average molecular weight is 259 g/mol. The van der Waals surface area contributed by atoms with Crippen molar-refractivity contribution in [3.05, 3.63) is 23.5 Å². The number of aromatic nitrogens is 1. The van der Waals surface area contributed by atoms with Crippen LogP contribution in [-0.4, -0.2) is 19.4 Å². The summed E-state index contributed by atoms with van der Waals surface area (Å²) < 4.78 is 26.1. The number of rotatable bonds is 4. The molecule has 16 heavy (non-hydrogen) atoms. The van der Waals surface area contributed by atoms with Gasteiger partial charge >= 0.3 is 0 Å². The van der Waals surface area contributed by atoms with E-state index in [1.54, 1.807) is 6.92 Å². The molecule has 0 aliphatic rings. The van der Waals surface area contributed by atoms with Crippen LogP contribution < -0.4 is 4.72 Å². The molecule has 1 unspecified atom stereocenters. The summed E-state index contributed by atoms with van der Waals surface area (Å²) in [5, 5.41) is 0.120. The number of nitrogens with one attached hydrogen (secondary N) is 1. The fraction of sp³-hybridized carbons (Fsp3) is 0.300. The van der Waals surface area contributed by atoms with Crippen molar-refractivity contribution in [3.63, 3.8) is 0 Å². The fourth-order valence-corrected chi connectivity index (χ4v) is 2.72. The summed E-state index contributed by atoms with van der Waals surface area (Å²) in [4.78, 5) is 3.65. The third kappa shape index (κ3) is 2.95. The Hall–Kier alpha value is -1.09. The normalized spacial score (nSPS) is 13.1. The van der Waals surface area contributed by atoms with Gasteiger partial charge in [0, 0.05) is 12.4 Å². The number of nitrogens with zero attached hydrogens (tertiary/aromatic N) is 1. The predicted molar refractivity (Wildman–Crippen MR) is 62.5 cm³/mol. The summed E-state index contributed by atoms with van der Waals surface area (Å²) in [6.45, 7) is 1.79. The third-order valence-corrected chi connectivity index (χ3v) is 3.87. The first-order valence-electron chi connectivity index (χ1n) is 4.59. The van der Waals surface area contributed by atoms with E-state index in [9.17, 15) is 8.42 Å². The van der Waals surface area contributed by atoms with Crippen LogP contribution in [0.5, 0.6) is 0 Å². The minimum absolute atomic E-state index is 0.0645. The minimum Gasteiger partial charge on any atom is -0.263 e. The van der Waals surface area contributed by atoms with Gasteiger partial charge in [-0.05, 0) is 12.5 Å². The Balaban J connectivity index is 3.05. The van der Waals surface area contributed by atoms with Gasteiger partial charge in [0.05, 0.1) is 11.1 Å². The van der Waals surface area contributed by atoms with Crippen LogP contribution in [0.15, 0.2) is 23.4 Å². The lowest BCUT2D eigenvalue weighted by atomic mass is 10.3. The summed E-state index contributed by atoms with van der Waals surface area (Å²) in [7, 11) is -3.70. The largest absolute Gasteiger partial charge is 0.263 e. The van der Waals surface area contributed by atoms with Crippen LogP contribution >= 0.6 is 11.6 Å². The van der Waals surface area contributed by atoms with Gasteiger partial charge in [-0.15, -0.1) is 6.42 Å². The average Bonchev–Trinajstić information content (AvgIpc) is 2.26. The second-order valence-electron chi connectivity index (χ2n) is 3.05. The second kappa shape index (κ2) is 5.30. The summed E-state index contributed by atoms with van der Waals surface area (Å²) in [6.07, 6.45) is 8.29. The monoisotopic (exact) mass is 258 g/mol. The van der Waals surface area contributed by atoms with Crippen LogP contribution in [-0.2, 0) is 10.0 Å². The fourth-order valence-electron chi connectivity index (χ4n) is 1.05. The molecular weight excluding hydrogens is 248 g/mol. The molecule has 1 aromatic heterocycles. The van der Waals surface area contributed by atoms with Crippen LogP contribution in [0.2, 0.25) is 5.02 Å². The molecule has 0 bridgehead atoms. The van der Waals surface area contributed by atoms with E-state index in [-0.39, 0.29) is 9.92 Å². The van der Waals surface area contributed by atoms with Crippen molar-refractivity contribution in [2.75, 3.05) is 0 Å². The number of hydrogen-bond donors (Lipinski definition) is 1. The molecule has 4 nitrogen and oxygen atoms in total. The van der Waals surface area contributed by atoms with E-state index in [0.717, 1.165) is 0 Å². The molecule has 0 saturated heterocycles. The highest BCUT2D eigenvalue weighted by molar-refractivity contribution is 7.89. The number of hydrogen-bond acceptors (Lipinski definition) is 3. The number of terminal acetylenes is 1. The van der Waals surface area contributed by atoms with E-state index in [2.05, 4.69) is 15.6 Å². The Morgan fingerprint density at radius 2 is 2.38 bits per heavy atom. The molecule has 1 atom stereocenters. The second-order valence-corrected chi connectivity index (χ2v) is 5.14. The first-order chi connectivity index (χ1) is 7.51. The molecule has 0 amide bonds. The molecule has 0 aliphatic carbocycles. The van der Waals surface area contributed by atoms with Gasteiger partial charge in [-0.25, -0.2) is 8.42 Å². The molecule has 6 heteroatoms. The molecule has 1 N–H and O–H groups in total. The first kappa shape index (κ1) is 13.0. The van der Waals surface area contributed by atoms with Gasteiger partial charge in [-0.1, -0.05) is 24.4 Å². The lowest BCUT2D eigenvalue weighted by Gasteiger charge is -2.11. The Kier molecular flexibility index (Phi) is 4.30. The molecule has 1 rings (SSSR count). The minimum atomic E-state index is -3.70. The van der Waals surface area contributed by atoms with Crippen molar-refractivity contribution in [3.8, 4) is 12.3 Å². The highest BCUT2D eigenvalue weighted by Gasteiger charge is 2.20. The van der Waals surface area contributed by atoms with E-state index in [1.165, 1.54) is 18.5 Å². The first-order valence-corrected chi connectivity index (χ1v) is 6.45. The van der Waals surface area contributed by atoms with E-state index < -0.39 is 16.1 Å². The van der Waals surface area contributed by atoms with Crippen LogP contribution in [0, 0.1) is 12.3 Å². The zero-order valence-corrected chi connectivity index (χ0v) is 10.2. The molecule has 0 fully saturated rings. The smallest absolute Gasteiger partial charge is 0.244 e. The van der Waals surface area contributed by atoms with Gasteiger partial charge in [0.15, 0.2) is 0 Å². The Bertz CT molecular complexity index is 508. The van der Waals surface area contributed by atoms with E-state index >= 15 is 0 Å². The van der Waals surface area contributed by atoms with Gasteiger partial charge in [0.25, 0.3) is 0 Å². The zero-order chi connectivity index (χ0) is 12.2. The van der Waals surface area contributed by atoms with E-state index in [1.807, 2.05) is 0 Å². The van der Waals surface area contributed by atoms with Crippen molar-refractivity contribution in [1.82, 2.24) is 9.71 Å². The Labute approximate surface area is 100 Å².